The Bertz CT molecular complexity index is 415. The first-order valence-electron chi connectivity index (χ1n) is 5.41. The molecule has 1 aromatic carbocycles. The second-order valence-corrected chi connectivity index (χ2v) is 4.52. The zero-order valence-electron chi connectivity index (χ0n) is 9.75. The highest BCUT2D eigenvalue weighted by atomic mass is 16.8. The third-order valence-corrected chi connectivity index (χ3v) is 2.68. The van der Waals surface area contributed by atoms with E-state index in [1.54, 1.807) is 19.9 Å². The molecule has 94 valence electrons. The summed E-state index contributed by atoms with van der Waals surface area (Å²) < 4.78 is 11.1. The summed E-state index contributed by atoms with van der Waals surface area (Å²) in [5.41, 5.74) is 0.493. The Balaban J connectivity index is 2.32. The standard InChI is InChI=1S/C12H16O5/c1-12(2)16-10(6-13)11(17-12)8-4-3-7(14)5-9(8)15/h3-5,10-11,13-15H,6H2,1-2H3/t10-,11-/m1/s1. The molecule has 1 saturated heterocycles. The van der Waals surface area contributed by atoms with Gasteiger partial charge in [0, 0.05) is 11.6 Å². The van der Waals surface area contributed by atoms with E-state index in [2.05, 4.69) is 0 Å². The molecule has 3 N–H and O–H groups in total. The van der Waals surface area contributed by atoms with Crippen LogP contribution in [-0.4, -0.2) is 33.8 Å². The number of ether oxygens (including phenoxy) is 2. The Labute approximate surface area is 99.2 Å². The molecule has 1 aliphatic rings. The van der Waals surface area contributed by atoms with Crippen molar-refractivity contribution in [3.05, 3.63) is 23.8 Å². The molecule has 0 spiro atoms. The molecule has 1 aliphatic heterocycles. The van der Waals surface area contributed by atoms with Crippen LogP contribution in [0.4, 0.5) is 0 Å². The van der Waals surface area contributed by atoms with Gasteiger partial charge < -0.3 is 24.8 Å². The Hall–Kier alpha value is -1.30. The van der Waals surface area contributed by atoms with Crippen molar-refractivity contribution in [1.29, 1.82) is 0 Å². The van der Waals surface area contributed by atoms with Gasteiger partial charge in [-0.25, -0.2) is 0 Å². The summed E-state index contributed by atoms with van der Waals surface area (Å²) in [6.45, 7) is 3.29. The maximum Gasteiger partial charge on any atom is 0.164 e. The Morgan fingerprint density at radius 1 is 1.24 bits per heavy atom. The van der Waals surface area contributed by atoms with Crippen LogP contribution >= 0.6 is 0 Å². The number of aliphatic hydroxyl groups excluding tert-OH is 1. The zero-order chi connectivity index (χ0) is 12.6. The van der Waals surface area contributed by atoms with Gasteiger partial charge in [0.2, 0.25) is 0 Å². The Kier molecular flexibility index (Phi) is 2.99. The van der Waals surface area contributed by atoms with Gasteiger partial charge in [0.15, 0.2) is 5.79 Å². The fourth-order valence-corrected chi connectivity index (χ4v) is 2.01. The minimum atomic E-state index is -0.803. The van der Waals surface area contributed by atoms with Crippen LogP contribution in [0.25, 0.3) is 0 Å². The zero-order valence-corrected chi connectivity index (χ0v) is 9.75. The van der Waals surface area contributed by atoms with Gasteiger partial charge in [0.05, 0.1) is 6.61 Å². The van der Waals surface area contributed by atoms with E-state index >= 15 is 0 Å². The molecule has 0 radical (unpaired) electrons. The van der Waals surface area contributed by atoms with Crippen LogP contribution in [-0.2, 0) is 9.47 Å². The van der Waals surface area contributed by atoms with E-state index in [1.807, 2.05) is 0 Å². The molecule has 5 heteroatoms. The van der Waals surface area contributed by atoms with Crippen molar-refractivity contribution in [2.75, 3.05) is 6.61 Å². The molecule has 0 unspecified atom stereocenters. The normalized spacial score (nSPS) is 27.2. The summed E-state index contributed by atoms with van der Waals surface area (Å²) >= 11 is 0. The Morgan fingerprint density at radius 2 is 1.94 bits per heavy atom. The molecule has 0 aromatic heterocycles. The first-order chi connectivity index (χ1) is 7.93. The number of aromatic hydroxyl groups is 2. The molecule has 2 rings (SSSR count). The lowest BCUT2D eigenvalue weighted by atomic mass is 10.0. The van der Waals surface area contributed by atoms with Crippen LogP contribution in [0.2, 0.25) is 0 Å². The fraction of sp³-hybridized carbons (Fsp3) is 0.500. The number of rotatable bonds is 2. The molecule has 0 bridgehead atoms. The van der Waals surface area contributed by atoms with Gasteiger partial charge in [-0.05, 0) is 26.0 Å². The molecular formula is C12H16O5. The average molecular weight is 240 g/mol. The van der Waals surface area contributed by atoms with Crippen molar-refractivity contribution in [1.82, 2.24) is 0 Å². The van der Waals surface area contributed by atoms with Crippen molar-refractivity contribution in [3.63, 3.8) is 0 Å². The van der Waals surface area contributed by atoms with Gasteiger partial charge in [-0.1, -0.05) is 0 Å². The lowest BCUT2D eigenvalue weighted by molar-refractivity contribution is -0.149. The molecule has 0 aliphatic carbocycles. The molecule has 1 fully saturated rings. The van der Waals surface area contributed by atoms with Crippen LogP contribution < -0.4 is 0 Å². The van der Waals surface area contributed by atoms with Crippen molar-refractivity contribution in [2.24, 2.45) is 0 Å². The minimum absolute atomic E-state index is 0.0232. The lowest BCUT2D eigenvalue weighted by Gasteiger charge is -2.17. The third kappa shape index (κ3) is 2.36. The first-order valence-corrected chi connectivity index (χ1v) is 5.41. The van der Waals surface area contributed by atoms with Crippen LogP contribution in [0.5, 0.6) is 11.5 Å². The number of hydrogen-bond donors (Lipinski definition) is 3. The van der Waals surface area contributed by atoms with Crippen LogP contribution in [0, 0.1) is 0 Å². The van der Waals surface area contributed by atoms with Crippen molar-refractivity contribution in [2.45, 2.75) is 31.8 Å². The third-order valence-electron chi connectivity index (χ3n) is 2.68. The number of phenols is 2. The monoisotopic (exact) mass is 240 g/mol. The number of phenolic OH excluding ortho intramolecular Hbond substituents is 2. The Morgan fingerprint density at radius 3 is 2.53 bits per heavy atom. The molecule has 0 amide bonds. The van der Waals surface area contributed by atoms with E-state index in [1.165, 1.54) is 12.1 Å². The van der Waals surface area contributed by atoms with Crippen molar-refractivity contribution < 1.29 is 24.8 Å². The maximum absolute atomic E-state index is 9.76. The van der Waals surface area contributed by atoms with Gasteiger partial charge in [-0.3, -0.25) is 0 Å². The van der Waals surface area contributed by atoms with Crippen molar-refractivity contribution in [3.8, 4) is 11.5 Å². The van der Waals surface area contributed by atoms with E-state index in [9.17, 15) is 15.3 Å². The quantitative estimate of drug-likeness (QED) is 0.725. The smallest absolute Gasteiger partial charge is 0.164 e. The molecule has 1 heterocycles. The molecule has 0 saturated carbocycles. The molecule has 5 nitrogen and oxygen atoms in total. The summed E-state index contributed by atoms with van der Waals surface area (Å²) in [4.78, 5) is 0. The lowest BCUT2D eigenvalue weighted by Crippen LogP contribution is -2.23. The van der Waals surface area contributed by atoms with Gasteiger partial charge in [0.25, 0.3) is 0 Å². The molecule has 1 aromatic rings. The summed E-state index contributed by atoms with van der Waals surface area (Å²) in [7, 11) is 0. The van der Waals surface area contributed by atoms with Gasteiger partial charge in [-0.15, -0.1) is 0 Å². The highest BCUT2D eigenvalue weighted by molar-refractivity contribution is 5.41. The maximum atomic E-state index is 9.76. The van der Waals surface area contributed by atoms with Gasteiger partial charge in [0.1, 0.15) is 23.7 Å². The van der Waals surface area contributed by atoms with Crippen molar-refractivity contribution >= 4 is 0 Å². The van der Waals surface area contributed by atoms with E-state index in [0.717, 1.165) is 0 Å². The van der Waals surface area contributed by atoms with Crippen LogP contribution in [0.3, 0.4) is 0 Å². The van der Waals surface area contributed by atoms with E-state index in [-0.39, 0.29) is 18.1 Å². The molecular weight excluding hydrogens is 224 g/mol. The van der Waals surface area contributed by atoms with Crippen LogP contribution in [0.1, 0.15) is 25.5 Å². The average Bonchev–Trinajstić information content (AvgIpc) is 2.53. The fourth-order valence-electron chi connectivity index (χ4n) is 2.01. The number of aliphatic hydroxyl groups is 1. The predicted molar refractivity (Wildman–Crippen MR) is 59.6 cm³/mol. The van der Waals surface area contributed by atoms with E-state index in [0.29, 0.717) is 5.56 Å². The van der Waals surface area contributed by atoms with E-state index < -0.39 is 18.0 Å². The second-order valence-electron chi connectivity index (χ2n) is 4.52. The van der Waals surface area contributed by atoms with E-state index in [4.69, 9.17) is 9.47 Å². The predicted octanol–water partition coefficient (Wildman–Crippen LogP) is 1.28. The second kappa shape index (κ2) is 4.18. The van der Waals surface area contributed by atoms with Gasteiger partial charge in [-0.2, -0.15) is 0 Å². The SMILES string of the molecule is CC1(C)O[C@H](c2ccc(O)cc2O)[C@@H](CO)O1. The summed E-state index contributed by atoms with van der Waals surface area (Å²) in [5.74, 6) is -0.901. The molecule has 17 heavy (non-hydrogen) atoms. The number of benzene rings is 1. The minimum Gasteiger partial charge on any atom is -0.508 e. The summed E-state index contributed by atoms with van der Waals surface area (Å²) in [6, 6.07) is 4.25. The van der Waals surface area contributed by atoms with Gasteiger partial charge >= 0.3 is 0 Å². The van der Waals surface area contributed by atoms with Crippen LogP contribution in [0.15, 0.2) is 18.2 Å². The largest absolute Gasteiger partial charge is 0.508 e. The molecule has 2 atom stereocenters. The summed E-state index contributed by atoms with van der Waals surface area (Å²) in [5, 5.41) is 28.2. The topological polar surface area (TPSA) is 79.2 Å². The number of hydrogen-bond acceptors (Lipinski definition) is 5. The summed E-state index contributed by atoms with van der Waals surface area (Å²) in [6.07, 6.45) is -1.07. The first kappa shape index (κ1) is 12.2. The highest BCUT2D eigenvalue weighted by Gasteiger charge is 2.42. The highest BCUT2D eigenvalue weighted by Crippen LogP contribution is 2.41.